The largest absolute Gasteiger partial charge is 0.444 e. The number of carbonyl (C=O) groups is 3. The molecule has 2 amide bonds. The second kappa shape index (κ2) is 8.65. The minimum Gasteiger partial charge on any atom is -0.444 e. The van der Waals surface area contributed by atoms with Gasteiger partial charge in [-0.05, 0) is 32.9 Å². The highest BCUT2D eigenvalue weighted by atomic mass is 32.2. The van der Waals surface area contributed by atoms with Crippen molar-refractivity contribution >= 4 is 40.3 Å². The average Bonchev–Trinajstić information content (AvgIpc) is 2.99. The second-order valence-electron chi connectivity index (χ2n) is 8.38. The lowest BCUT2D eigenvalue weighted by Gasteiger charge is -2.38. The molecule has 2 saturated heterocycles. The molecule has 0 N–H and O–H groups in total. The second-order valence-corrected chi connectivity index (χ2v) is 9.86. The van der Waals surface area contributed by atoms with Crippen LogP contribution in [-0.4, -0.2) is 65.6 Å². The van der Waals surface area contributed by atoms with Gasteiger partial charge in [0.1, 0.15) is 5.60 Å². The zero-order valence-corrected chi connectivity index (χ0v) is 18.3. The molecule has 1 unspecified atom stereocenters. The molecular formula is C21H29N3O4S. The van der Waals surface area contributed by atoms with Crippen LogP contribution in [0.4, 0.5) is 16.2 Å². The van der Waals surface area contributed by atoms with E-state index >= 15 is 0 Å². The van der Waals surface area contributed by atoms with E-state index < -0.39 is 5.60 Å². The molecule has 0 spiro atoms. The lowest BCUT2D eigenvalue weighted by molar-refractivity contribution is -0.117. The molecule has 2 aliphatic heterocycles. The summed E-state index contributed by atoms with van der Waals surface area (Å²) in [4.78, 5) is 42.0. The number of benzene rings is 1. The third-order valence-electron chi connectivity index (χ3n) is 4.87. The monoisotopic (exact) mass is 419 g/mol. The van der Waals surface area contributed by atoms with E-state index in [1.54, 1.807) is 9.80 Å². The molecule has 3 rings (SSSR count). The molecular weight excluding hydrogens is 390 g/mol. The highest BCUT2D eigenvalue weighted by Gasteiger charge is 2.34. The van der Waals surface area contributed by atoms with Crippen LogP contribution in [0.3, 0.4) is 0 Å². The highest BCUT2D eigenvalue weighted by molar-refractivity contribution is 8.14. The molecule has 0 bridgehead atoms. The van der Waals surface area contributed by atoms with E-state index in [2.05, 4.69) is 4.90 Å². The normalized spacial score (nSPS) is 20.2. The quantitative estimate of drug-likeness (QED) is 0.750. The van der Waals surface area contributed by atoms with Gasteiger partial charge in [-0.3, -0.25) is 9.59 Å². The van der Waals surface area contributed by atoms with Crippen LogP contribution in [0.2, 0.25) is 0 Å². The van der Waals surface area contributed by atoms with Gasteiger partial charge in [0.25, 0.3) is 0 Å². The van der Waals surface area contributed by atoms with Gasteiger partial charge in [0, 0.05) is 51.3 Å². The maximum atomic E-state index is 12.6. The van der Waals surface area contributed by atoms with Gasteiger partial charge in [0.15, 0.2) is 5.12 Å². The van der Waals surface area contributed by atoms with Crippen LogP contribution >= 0.6 is 11.8 Å². The predicted molar refractivity (Wildman–Crippen MR) is 115 cm³/mol. The van der Waals surface area contributed by atoms with E-state index in [-0.39, 0.29) is 22.4 Å². The first-order valence-electron chi connectivity index (χ1n) is 9.93. The van der Waals surface area contributed by atoms with Gasteiger partial charge in [-0.15, -0.1) is 0 Å². The maximum Gasteiger partial charge on any atom is 0.410 e. The van der Waals surface area contributed by atoms with E-state index in [1.807, 2.05) is 45.0 Å². The van der Waals surface area contributed by atoms with Crippen molar-refractivity contribution in [3.05, 3.63) is 24.3 Å². The standard InChI is InChI=1S/C21H29N3O4S/c1-15(25)29-16-13-19(26)24(14-16)18-8-6-5-7-17(18)22-9-11-23(12-10-22)20(27)28-21(2,3)4/h5-8,16H,9-14H2,1-4H3. The summed E-state index contributed by atoms with van der Waals surface area (Å²) in [5.41, 5.74) is 1.35. The van der Waals surface area contributed by atoms with Crippen LogP contribution in [0.25, 0.3) is 0 Å². The molecule has 2 heterocycles. The molecule has 2 aliphatic rings. The Balaban J connectivity index is 1.68. The highest BCUT2D eigenvalue weighted by Crippen LogP contribution is 2.35. The van der Waals surface area contributed by atoms with Crippen molar-refractivity contribution in [2.45, 2.75) is 45.0 Å². The Kier molecular flexibility index (Phi) is 6.41. The molecule has 1 atom stereocenters. The SMILES string of the molecule is CC(=O)SC1CC(=O)N(c2ccccc2N2CCN(C(=O)OC(C)(C)C)CC2)C1. The Labute approximate surface area is 176 Å². The van der Waals surface area contributed by atoms with Crippen molar-refractivity contribution in [3.8, 4) is 0 Å². The number of ether oxygens (including phenoxy) is 1. The summed E-state index contributed by atoms with van der Waals surface area (Å²) < 4.78 is 5.47. The van der Waals surface area contributed by atoms with Crippen molar-refractivity contribution in [1.29, 1.82) is 0 Å². The Hall–Kier alpha value is -2.22. The molecule has 1 aromatic carbocycles. The molecule has 7 nitrogen and oxygen atoms in total. The van der Waals surface area contributed by atoms with Gasteiger partial charge in [-0.1, -0.05) is 23.9 Å². The van der Waals surface area contributed by atoms with Gasteiger partial charge in [-0.2, -0.15) is 0 Å². The summed E-state index contributed by atoms with van der Waals surface area (Å²) in [5.74, 6) is 0.0450. The summed E-state index contributed by atoms with van der Waals surface area (Å²) in [6.07, 6.45) is 0.0922. The van der Waals surface area contributed by atoms with Gasteiger partial charge in [0.05, 0.1) is 11.4 Å². The van der Waals surface area contributed by atoms with Crippen molar-refractivity contribution in [2.24, 2.45) is 0 Å². The number of hydrogen-bond acceptors (Lipinski definition) is 6. The third-order valence-corrected chi connectivity index (χ3v) is 5.85. The number of anilines is 2. The molecule has 8 heteroatoms. The van der Waals surface area contributed by atoms with Crippen LogP contribution in [0.15, 0.2) is 24.3 Å². The number of nitrogens with zero attached hydrogens (tertiary/aromatic N) is 3. The van der Waals surface area contributed by atoms with E-state index in [0.717, 1.165) is 11.4 Å². The Morgan fingerprint density at radius 2 is 1.69 bits per heavy atom. The number of para-hydroxylation sites is 2. The minimum atomic E-state index is -0.509. The lowest BCUT2D eigenvalue weighted by atomic mass is 10.2. The van der Waals surface area contributed by atoms with Crippen LogP contribution in [0.5, 0.6) is 0 Å². The molecule has 0 saturated carbocycles. The van der Waals surface area contributed by atoms with Crippen LogP contribution in [0.1, 0.15) is 34.1 Å². The Morgan fingerprint density at radius 3 is 2.28 bits per heavy atom. The molecule has 158 valence electrons. The number of carbonyl (C=O) groups excluding carboxylic acids is 3. The summed E-state index contributed by atoms with van der Waals surface area (Å²) in [6, 6.07) is 7.85. The van der Waals surface area contributed by atoms with Crippen molar-refractivity contribution in [2.75, 3.05) is 42.5 Å². The number of thioether (sulfide) groups is 1. The van der Waals surface area contributed by atoms with E-state index in [4.69, 9.17) is 4.74 Å². The topological polar surface area (TPSA) is 70.2 Å². The number of piperazine rings is 1. The van der Waals surface area contributed by atoms with Gasteiger partial charge < -0.3 is 19.4 Å². The third kappa shape index (κ3) is 5.44. The fourth-order valence-electron chi connectivity index (χ4n) is 3.64. The predicted octanol–water partition coefficient (Wildman–Crippen LogP) is 3.13. The van der Waals surface area contributed by atoms with Gasteiger partial charge >= 0.3 is 6.09 Å². The smallest absolute Gasteiger partial charge is 0.410 e. The summed E-state index contributed by atoms with van der Waals surface area (Å²) in [5, 5.41) is 0.0354. The summed E-state index contributed by atoms with van der Waals surface area (Å²) in [6.45, 7) is 10.1. The Bertz CT molecular complexity index is 784. The summed E-state index contributed by atoms with van der Waals surface area (Å²) >= 11 is 1.24. The number of hydrogen-bond donors (Lipinski definition) is 0. The van der Waals surface area contributed by atoms with Gasteiger partial charge in [-0.25, -0.2) is 4.79 Å². The van der Waals surface area contributed by atoms with E-state index in [9.17, 15) is 14.4 Å². The van der Waals surface area contributed by atoms with Gasteiger partial charge in [0.2, 0.25) is 5.91 Å². The number of rotatable bonds is 3. The maximum absolute atomic E-state index is 12.6. The average molecular weight is 420 g/mol. The minimum absolute atomic E-state index is 0.00271. The molecule has 0 aliphatic carbocycles. The Morgan fingerprint density at radius 1 is 1.07 bits per heavy atom. The molecule has 0 radical (unpaired) electrons. The molecule has 1 aromatic rings. The van der Waals surface area contributed by atoms with Crippen molar-refractivity contribution < 1.29 is 19.1 Å². The molecule has 0 aromatic heterocycles. The van der Waals surface area contributed by atoms with Crippen LogP contribution in [0, 0.1) is 0 Å². The number of amides is 2. The zero-order valence-electron chi connectivity index (χ0n) is 17.5. The van der Waals surface area contributed by atoms with E-state index in [1.165, 1.54) is 18.7 Å². The first kappa shape index (κ1) is 21.5. The molecule has 29 heavy (non-hydrogen) atoms. The molecule has 2 fully saturated rings. The van der Waals surface area contributed by atoms with Crippen molar-refractivity contribution in [3.63, 3.8) is 0 Å². The summed E-state index contributed by atoms with van der Waals surface area (Å²) in [7, 11) is 0. The first-order valence-corrected chi connectivity index (χ1v) is 10.8. The van der Waals surface area contributed by atoms with E-state index in [0.29, 0.717) is 39.1 Å². The lowest BCUT2D eigenvalue weighted by Crippen LogP contribution is -2.50. The van der Waals surface area contributed by atoms with Crippen LogP contribution in [-0.2, 0) is 14.3 Å². The van der Waals surface area contributed by atoms with Crippen LogP contribution < -0.4 is 9.80 Å². The fourth-order valence-corrected chi connectivity index (χ4v) is 4.56. The fraction of sp³-hybridized carbons (Fsp3) is 0.571. The van der Waals surface area contributed by atoms with Crippen molar-refractivity contribution in [1.82, 2.24) is 4.90 Å². The zero-order chi connectivity index (χ0) is 21.2. The first-order chi connectivity index (χ1) is 13.6.